The lowest BCUT2D eigenvalue weighted by molar-refractivity contribution is 0.0693. The molecule has 2 N–H and O–H groups in total. The molecule has 0 saturated carbocycles. The maximum Gasteiger partial charge on any atom is 0.339 e. The summed E-state index contributed by atoms with van der Waals surface area (Å²) in [5.41, 5.74) is -0.663. The molecule has 1 rings (SSSR count). The third kappa shape index (κ3) is 1.99. The van der Waals surface area contributed by atoms with Gasteiger partial charge in [0, 0.05) is 0 Å². The summed E-state index contributed by atoms with van der Waals surface area (Å²) in [7, 11) is -4.95. The summed E-state index contributed by atoms with van der Waals surface area (Å²) in [5, 5.41) is 17.5. The van der Waals surface area contributed by atoms with Gasteiger partial charge in [0.2, 0.25) is 0 Å². The first-order valence-corrected chi connectivity index (χ1v) is 4.71. The van der Waals surface area contributed by atoms with Crippen LogP contribution in [0.15, 0.2) is 23.1 Å². The summed E-state index contributed by atoms with van der Waals surface area (Å²) in [4.78, 5) is 9.63. The number of carboxylic acids is 1. The van der Waals surface area contributed by atoms with Gasteiger partial charge < -0.3 is 10.2 Å². The first-order chi connectivity index (χ1) is 6.32. The van der Waals surface area contributed by atoms with Crippen molar-refractivity contribution in [1.82, 2.24) is 0 Å². The Morgan fingerprint density at radius 1 is 1.36 bits per heavy atom. The number of carboxylic acid groups (broad SMARTS) is 1. The molecule has 0 aromatic heterocycles. The highest BCUT2D eigenvalue weighted by Crippen LogP contribution is 2.22. The van der Waals surface area contributed by atoms with Gasteiger partial charge >= 0.3 is 16.2 Å². The van der Waals surface area contributed by atoms with Crippen molar-refractivity contribution in [1.29, 1.82) is 0 Å². The van der Waals surface area contributed by atoms with Crippen LogP contribution in [0.3, 0.4) is 0 Å². The number of hydrogen-bond donors (Lipinski definition) is 2. The number of aromatic hydroxyl groups is 1. The van der Waals surface area contributed by atoms with E-state index in [-0.39, 0.29) is 0 Å². The lowest BCUT2D eigenvalue weighted by Crippen LogP contribution is -2.00. The number of halogens is 1. The molecular formula is C7H5FO5S. The number of phenols is 1. The van der Waals surface area contributed by atoms with E-state index in [1.807, 2.05) is 0 Å². The molecule has 0 saturated heterocycles. The molecule has 5 nitrogen and oxygen atoms in total. The molecule has 0 aliphatic rings. The van der Waals surface area contributed by atoms with Gasteiger partial charge in [0.05, 0.1) is 4.90 Å². The standard InChI is InChI=1S/C7H5FO5S/c8-14(12,13)4-1-2-6(9)5(3-4)7(10)11/h1-3,9H,(H,10,11). The summed E-state index contributed by atoms with van der Waals surface area (Å²) in [5.74, 6) is -2.15. The minimum atomic E-state index is -4.95. The first-order valence-electron chi connectivity index (χ1n) is 3.33. The molecule has 14 heavy (non-hydrogen) atoms. The SMILES string of the molecule is O=C(O)c1cc(S(=O)(=O)F)ccc1O. The molecular weight excluding hydrogens is 215 g/mol. The van der Waals surface area contributed by atoms with Gasteiger partial charge in [-0.25, -0.2) is 4.79 Å². The fourth-order valence-corrected chi connectivity index (χ4v) is 1.33. The van der Waals surface area contributed by atoms with Gasteiger partial charge in [-0.2, -0.15) is 8.42 Å². The Morgan fingerprint density at radius 2 is 1.93 bits per heavy atom. The first kappa shape index (κ1) is 10.5. The smallest absolute Gasteiger partial charge is 0.339 e. The molecule has 0 unspecified atom stereocenters. The predicted octanol–water partition coefficient (Wildman–Crippen LogP) is 0.749. The molecule has 0 amide bonds. The maximum absolute atomic E-state index is 12.4. The summed E-state index contributed by atoms with van der Waals surface area (Å²) in [6.45, 7) is 0. The van der Waals surface area contributed by atoms with E-state index in [9.17, 15) is 17.1 Å². The van der Waals surface area contributed by atoms with Crippen molar-refractivity contribution in [2.75, 3.05) is 0 Å². The average Bonchev–Trinajstić information content (AvgIpc) is 2.02. The van der Waals surface area contributed by atoms with Crippen LogP contribution in [0, 0.1) is 0 Å². The Hall–Kier alpha value is -1.63. The van der Waals surface area contributed by atoms with E-state index < -0.39 is 32.4 Å². The second-order valence-corrected chi connectivity index (χ2v) is 3.77. The van der Waals surface area contributed by atoms with Crippen LogP contribution >= 0.6 is 0 Å². The van der Waals surface area contributed by atoms with Crippen molar-refractivity contribution in [3.8, 4) is 5.75 Å². The fraction of sp³-hybridized carbons (Fsp3) is 0. The number of rotatable bonds is 2. The van der Waals surface area contributed by atoms with Crippen LogP contribution in [0.5, 0.6) is 5.75 Å². The molecule has 0 heterocycles. The minimum absolute atomic E-state index is 0.549. The van der Waals surface area contributed by atoms with Crippen molar-refractivity contribution in [2.24, 2.45) is 0 Å². The number of hydrogen-bond acceptors (Lipinski definition) is 4. The van der Waals surface area contributed by atoms with E-state index in [0.717, 1.165) is 12.1 Å². The normalized spacial score (nSPS) is 11.2. The van der Waals surface area contributed by atoms with E-state index in [2.05, 4.69) is 0 Å². The molecule has 1 aromatic rings. The number of carbonyl (C=O) groups is 1. The zero-order valence-electron chi connectivity index (χ0n) is 6.64. The lowest BCUT2D eigenvalue weighted by Gasteiger charge is -2.00. The quantitative estimate of drug-likeness (QED) is 0.717. The third-order valence-corrected chi connectivity index (χ3v) is 2.30. The highest BCUT2D eigenvalue weighted by molar-refractivity contribution is 7.86. The molecule has 0 aliphatic heterocycles. The predicted molar refractivity (Wildman–Crippen MR) is 43.4 cm³/mol. The zero-order chi connectivity index (χ0) is 10.9. The zero-order valence-corrected chi connectivity index (χ0v) is 7.45. The van der Waals surface area contributed by atoms with E-state index in [0.29, 0.717) is 6.07 Å². The maximum atomic E-state index is 12.4. The summed E-state index contributed by atoms with van der Waals surface area (Å²) in [6.07, 6.45) is 0. The molecule has 1 aromatic carbocycles. The topological polar surface area (TPSA) is 91.7 Å². The van der Waals surface area contributed by atoms with Gasteiger partial charge in [0.25, 0.3) is 0 Å². The van der Waals surface area contributed by atoms with Crippen LogP contribution in [-0.4, -0.2) is 24.6 Å². The molecule has 76 valence electrons. The van der Waals surface area contributed by atoms with E-state index in [1.54, 1.807) is 0 Å². The molecule has 0 atom stereocenters. The Morgan fingerprint density at radius 3 is 2.36 bits per heavy atom. The van der Waals surface area contributed by atoms with Gasteiger partial charge in [-0.15, -0.1) is 3.89 Å². The van der Waals surface area contributed by atoms with Crippen LogP contribution in [-0.2, 0) is 10.2 Å². The van der Waals surface area contributed by atoms with Gasteiger partial charge in [-0.05, 0) is 18.2 Å². The van der Waals surface area contributed by atoms with Gasteiger partial charge in [0.15, 0.2) is 0 Å². The molecule has 0 bridgehead atoms. The van der Waals surface area contributed by atoms with Crippen LogP contribution < -0.4 is 0 Å². The largest absolute Gasteiger partial charge is 0.507 e. The Balaban J connectivity index is 3.42. The summed E-state index contributed by atoms with van der Waals surface area (Å²) < 4.78 is 33.1. The second kappa shape index (κ2) is 3.26. The van der Waals surface area contributed by atoms with E-state index >= 15 is 0 Å². The van der Waals surface area contributed by atoms with Crippen molar-refractivity contribution < 1.29 is 27.3 Å². The molecule has 0 radical (unpaired) electrons. The van der Waals surface area contributed by atoms with Crippen LogP contribution in [0.1, 0.15) is 10.4 Å². The van der Waals surface area contributed by atoms with Crippen LogP contribution in [0.2, 0.25) is 0 Å². The average molecular weight is 220 g/mol. The van der Waals surface area contributed by atoms with Gasteiger partial charge in [-0.1, -0.05) is 0 Å². The second-order valence-electron chi connectivity index (χ2n) is 2.42. The molecule has 0 aliphatic carbocycles. The number of aromatic carboxylic acids is 1. The highest BCUT2D eigenvalue weighted by atomic mass is 32.3. The Labute approximate surface area is 78.6 Å². The van der Waals surface area contributed by atoms with E-state index in [1.165, 1.54) is 0 Å². The van der Waals surface area contributed by atoms with Crippen LogP contribution in [0.25, 0.3) is 0 Å². The van der Waals surface area contributed by atoms with Crippen molar-refractivity contribution >= 4 is 16.2 Å². The Kier molecular flexibility index (Phi) is 2.43. The van der Waals surface area contributed by atoms with Gasteiger partial charge in [0.1, 0.15) is 11.3 Å². The molecule has 0 fully saturated rings. The van der Waals surface area contributed by atoms with Crippen LogP contribution in [0.4, 0.5) is 3.89 Å². The minimum Gasteiger partial charge on any atom is -0.507 e. The van der Waals surface area contributed by atoms with Crippen molar-refractivity contribution in [2.45, 2.75) is 4.90 Å². The van der Waals surface area contributed by atoms with Crippen molar-refractivity contribution in [3.63, 3.8) is 0 Å². The third-order valence-electron chi connectivity index (χ3n) is 1.48. The van der Waals surface area contributed by atoms with Gasteiger partial charge in [-0.3, -0.25) is 0 Å². The Bertz CT molecular complexity index is 479. The monoisotopic (exact) mass is 220 g/mol. The summed E-state index contributed by atoms with van der Waals surface area (Å²) in [6, 6.07) is 2.13. The molecule has 0 spiro atoms. The highest BCUT2D eigenvalue weighted by Gasteiger charge is 2.17. The van der Waals surface area contributed by atoms with E-state index in [4.69, 9.17) is 10.2 Å². The van der Waals surface area contributed by atoms with Crippen molar-refractivity contribution in [3.05, 3.63) is 23.8 Å². The molecule has 7 heteroatoms. The fourth-order valence-electron chi connectivity index (χ4n) is 0.838. The summed E-state index contributed by atoms with van der Waals surface area (Å²) >= 11 is 0. The lowest BCUT2D eigenvalue weighted by atomic mass is 10.2. The number of benzene rings is 1.